The number of hydrogen-bond acceptors (Lipinski definition) is 4. The molecule has 3 heterocycles. The van der Waals surface area contributed by atoms with Crippen LogP contribution in [0.4, 0.5) is 34.1 Å². The number of fused-ring (bicyclic) bond motifs is 7. The summed E-state index contributed by atoms with van der Waals surface area (Å²) in [5.74, 6) is 0. The van der Waals surface area contributed by atoms with E-state index in [4.69, 9.17) is 0 Å². The molecule has 0 aromatic heterocycles. The zero-order valence-corrected chi connectivity index (χ0v) is 41.3. The fourth-order valence-electron chi connectivity index (χ4n) is 10.2. The third-order valence-corrected chi connectivity index (χ3v) is 16.3. The highest BCUT2D eigenvalue weighted by molar-refractivity contribution is 7.92. The number of benzene rings is 6. The highest BCUT2D eigenvalue weighted by atomic mass is 32.2. The molecule has 4 nitrogen and oxygen atoms in total. The minimum absolute atomic E-state index is 0.0261. The predicted octanol–water partition coefficient (Wildman–Crippen LogP) is 15.9. The van der Waals surface area contributed by atoms with Gasteiger partial charge in [0, 0.05) is 33.3 Å². The second kappa shape index (κ2) is 13.5. The summed E-state index contributed by atoms with van der Waals surface area (Å²) in [5.41, 5.74) is 17.4. The molecule has 5 heteroatoms. The van der Waals surface area contributed by atoms with Gasteiger partial charge in [-0.25, -0.2) is 8.42 Å². The Kier molecular flexibility index (Phi) is 9.21. The fourth-order valence-corrected chi connectivity index (χ4v) is 11.9. The standard InChI is InChI=1S/C58H66N2O2S/c1-53(2,3)35-17-23-47-43(29-35)57(13,14)44-30-36(54(4,5)6)18-24-48(44)59(47)39-21-27-51-41(33-39)42-34-40(22-28-52(42)63(51,61)62)60-49-25-19-37(55(7,8)9)31-45(49)58(15,16)46-32-38(56(10,11)12)20-26-50(46)60/h17-34H,1-16H3. The Hall–Kier alpha value is -5.13. The first-order valence-electron chi connectivity index (χ1n) is 22.8. The van der Waals surface area contributed by atoms with E-state index in [1.54, 1.807) is 0 Å². The molecule has 3 aliphatic rings. The van der Waals surface area contributed by atoms with Crippen LogP contribution in [-0.2, 0) is 42.3 Å². The predicted molar refractivity (Wildman–Crippen MR) is 266 cm³/mol. The molecule has 0 saturated heterocycles. The summed E-state index contributed by atoms with van der Waals surface area (Å²) in [6, 6.07) is 39.7. The molecular weight excluding hydrogens is 789 g/mol. The summed E-state index contributed by atoms with van der Waals surface area (Å²) < 4.78 is 29.0. The molecule has 0 aliphatic carbocycles. The first-order chi connectivity index (χ1) is 29.0. The van der Waals surface area contributed by atoms with Crippen molar-refractivity contribution in [1.82, 2.24) is 0 Å². The molecule has 0 fully saturated rings. The number of hydrogen-bond donors (Lipinski definition) is 0. The molecule has 9 rings (SSSR count). The van der Waals surface area contributed by atoms with Gasteiger partial charge in [0.1, 0.15) is 0 Å². The Balaban J connectivity index is 1.26. The van der Waals surface area contributed by atoms with Gasteiger partial charge in [-0.1, -0.05) is 159 Å². The quantitative estimate of drug-likeness (QED) is 0.174. The molecule has 0 N–H and O–H groups in total. The number of nitrogens with zero attached hydrogens (tertiary/aromatic N) is 2. The van der Waals surface area contributed by atoms with Crippen molar-refractivity contribution in [1.29, 1.82) is 0 Å². The Morgan fingerprint density at radius 3 is 0.857 bits per heavy atom. The van der Waals surface area contributed by atoms with E-state index in [2.05, 4.69) is 206 Å². The lowest BCUT2D eigenvalue weighted by Crippen LogP contribution is -2.32. The maximum absolute atomic E-state index is 14.5. The number of anilines is 6. The van der Waals surface area contributed by atoms with Crippen molar-refractivity contribution in [3.05, 3.63) is 154 Å². The van der Waals surface area contributed by atoms with Crippen LogP contribution in [0.1, 0.15) is 155 Å². The third kappa shape index (κ3) is 6.62. The largest absolute Gasteiger partial charge is 0.310 e. The topological polar surface area (TPSA) is 40.6 Å². The van der Waals surface area contributed by atoms with Gasteiger partial charge >= 0.3 is 0 Å². The summed E-state index contributed by atoms with van der Waals surface area (Å²) >= 11 is 0. The van der Waals surface area contributed by atoms with Gasteiger partial charge in [-0.15, -0.1) is 0 Å². The van der Waals surface area contributed by atoms with E-state index in [1.165, 1.54) is 44.5 Å². The van der Waals surface area contributed by atoms with Crippen molar-refractivity contribution < 1.29 is 8.42 Å². The van der Waals surface area contributed by atoms with Crippen molar-refractivity contribution in [2.75, 3.05) is 9.80 Å². The van der Waals surface area contributed by atoms with Crippen LogP contribution in [0, 0.1) is 0 Å². The molecule has 6 aromatic carbocycles. The van der Waals surface area contributed by atoms with Crippen LogP contribution in [0.25, 0.3) is 11.1 Å². The fraction of sp³-hybridized carbons (Fsp3) is 0.379. The second-order valence-corrected chi connectivity index (χ2v) is 25.6. The molecule has 3 aliphatic heterocycles. The number of sulfone groups is 1. The summed E-state index contributed by atoms with van der Waals surface area (Å²) in [6.07, 6.45) is 0. The van der Waals surface area contributed by atoms with E-state index in [0.717, 1.165) is 45.3 Å². The highest BCUT2D eigenvalue weighted by Gasteiger charge is 2.42. The maximum atomic E-state index is 14.5. The average molecular weight is 855 g/mol. The van der Waals surface area contributed by atoms with Crippen LogP contribution in [0.2, 0.25) is 0 Å². The molecular formula is C58H66N2O2S. The van der Waals surface area contributed by atoms with E-state index in [-0.39, 0.29) is 32.5 Å². The van der Waals surface area contributed by atoms with Gasteiger partial charge in [0.15, 0.2) is 0 Å². The Morgan fingerprint density at radius 2 is 0.619 bits per heavy atom. The summed E-state index contributed by atoms with van der Waals surface area (Å²) in [6.45, 7) is 36.7. The lowest BCUT2D eigenvalue weighted by Gasteiger charge is -2.43. The Bertz CT molecular complexity index is 2680. The minimum Gasteiger partial charge on any atom is -0.310 e. The van der Waals surface area contributed by atoms with Gasteiger partial charge in [0.25, 0.3) is 0 Å². The second-order valence-electron chi connectivity index (χ2n) is 23.7. The Morgan fingerprint density at radius 1 is 0.365 bits per heavy atom. The lowest BCUT2D eigenvalue weighted by molar-refractivity contribution is 0.572. The molecule has 0 radical (unpaired) electrons. The first kappa shape index (κ1) is 43.1. The SMILES string of the molecule is CC(C)(C)c1ccc2c(c1)C(C)(C)c1cc(C(C)(C)C)ccc1N2c1ccc2c(c1)-c1cc(N3c4ccc(C(C)(C)C)cc4C(C)(C)c4cc(C(C)(C)C)ccc43)ccc1S2(=O)=O. The summed E-state index contributed by atoms with van der Waals surface area (Å²) in [4.78, 5) is 5.44. The van der Waals surface area contributed by atoms with Gasteiger partial charge in [-0.2, -0.15) is 0 Å². The van der Waals surface area contributed by atoms with Crippen molar-refractivity contribution >= 4 is 44.0 Å². The van der Waals surface area contributed by atoms with Crippen molar-refractivity contribution in [2.24, 2.45) is 0 Å². The molecule has 326 valence electrons. The number of rotatable bonds is 2. The van der Waals surface area contributed by atoms with Crippen LogP contribution in [-0.4, -0.2) is 8.42 Å². The smallest absolute Gasteiger partial charge is 0.207 e. The van der Waals surface area contributed by atoms with Gasteiger partial charge in [-0.3, -0.25) is 0 Å². The van der Waals surface area contributed by atoms with Crippen LogP contribution in [0.5, 0.6) is 0 Å². The van der Waals surface area contributed by atoms with Crippen LogP contribution in [0.15, 0.2) is 119 Å². The molecule has 0 spiro atoms. The van der Waals surface area contributed by atoms with Gasteiger partial charge < -0.3 is 9.80 Å². The van der Waals surface area contributed by atoms with Crippen molar-refractivity contribution in [3.63, 3.8) is 0 Å². The summed E-state index contributed by atoms with van der Waals surface area (Å²) in [5, 5.41) is 0. The van der Waals surface area contributed by atoms with E-state index in [0.29, 0.717) is 9.79 Å². The van der Waals surface area contributed by atoms with Crippen LogP contribution >= 0.6 is 0 Å². The Labute approximate surface area is 378 Å². The third-order valence-electron chi connectivity index (χ3n) is 14.4. The highest BCUT2D eigenvalue weighted by Crippen LogP contribution is 2.57. The van der Waals surface area contributed by atoms with Crippen LogP contribution in [0.3, 0.4) is 0 Å². The molecule has 6 aromatic rings. The summed E-state index contributed by atoms with van der Waals surface area (Å²) in [7, 11) is -3.76. The molecule has 63 heavy (non-hydrogen) atoms. The van der Waals surface area contributed by atoms with Crippen molar-refractivity contribution in [3.8, 4) is 11.1 Å². The average Bonchev–Trinajstić information content (AvgIpc) is 3.41. The first-order valence-corrected chi connectivity index (χ1v) is 24.2. The zero-order valence-electron chi connectivity index (χ0n) is 40.5. The molecule has 0 saturated carbocycles. The van der Waals surface area contributed by atoms with E-state index < -0.39 is 9.84 Å². The van der Waals surface area contributed by atoms with Gasteiger partial charge in [-0.05, 0) is 127 Å². The van der Waals surface area contributed by atoms with Gasteiger partial charge in [0.05, 0.1) is 32.5 Å². The maximum Gasteiger partial charge on any atom is 0.207 e. The molecule has 0 atom stereocenters. The molecule has 0 bridgehead atoms. The van der Waals surface area contributed by atoms with Crippen molar-refractivity contribution in [2.45, 2.75) is 153 Å². The lowest BCUT2D eigenvalue weighted by atomic mass is 9.70. The van der Waals surface area contributed by atoms with E-state index in [9.17, 15) is 8.42 Å². The monoisotopic (exact) mass is 854 g/mol. The van der Waals surface area contributed by atoms with E-state index >= 15 is 0 Å². The molecule has 0 amide bonds. The van der Waals surface area contributed by atoms with Gasteiger partial charge in [0.2, 0.25) is 9.84 Å². The van der Waals surface area contributed by atoms with E-state index in [1.807, 2.05) is 24.3 Å². The molecule has 0 unspecified atom stereocenters. The zero-order chi connectivity index (χ0) is 45.8. The van der Waals surface area contributed by atoms with Crippen LogP contribution < -0.4 is 9.80 Å². The minimum atomic E-state index is -3.76. The normalized spacial score (nSPS) is 17.0.